The minimum Gasteiger partial charge on any atom is -0.345 e. The first kappa shape index (κ1) is 18.7. The van der Waals surface area contributed by atoms with Gasteiger partial charge in [0.2, 0.25) is 0 Å². The number of benzene rings is 1. The van der Waals surface area contributed by atoms with Gasteiger partial charge in [0.05, 0.1) is 4.90 Å². The predicted molar refractivity (Wildman–Crippen MR) is 96.0 cm³/mol. The number of aryl methyl sites for hydroxylation is 1. The molecule has 24 heavy (non-hydrogen) atoms. The Balaban J connectivity index is 2.11. The molecule has 6 nitrogen and oxygen atoms in total. The van der Waals surface area contributed by atoms with Crippen LogP contribution in [0.25, 0.3) is 0 Å². The monoisotopic (exact) mass is 413 g/mol. The van der Waals surface area contributed by atoms with Crippen LogP contribution in [0.4, 0.5) is 0 Å². The standard InChI is InChI=1S/C16H20BrN3O3S/c1-16(2,3)11-5-7-13(8-6-11)24(22,23)19-18-15(21)14-9-12(17)10-20(14)4/h5-10,19H,1-4H3,(H,18,21). The molecule has 2 N–H and O–H groups in total. The van der Waals surface area contributed by atoms with Crippen molar-refractivity contribution < 1.29 is 13.2 Å². The van der Waals surface area contributed by atoms with E-state index in [1.165, 1.54) is 12.1 Å². The summed E-state index contributed by atoms with van der Waals surface area (Å²) in [6.07, 6.45) is 1.70. The van der Waals surface area contributed by atoms with Gasteiger partial charge in [-0.2, -0.15) is 0 Å². The smallest absolute Gasteiger partial charge is 0.282 e. The lowest BCUT2D eigenvalue weighted by atomic mass is 9.87. The Morgan fingerprint density at radius 2 is 1.75 bits per heavy atom. The molecule has 2 rings (SSSR count). The Morgan fingerprint density at radius 1 is 1.17 bits per heavy atom. The Hall–Kier alpha value is -1.64. The molecule has 0 unspecified atom stereocenters. The summed E-state index contributed by atoms with van der Waals surface area (Å²) in [5, 5.41) is 0. The number of hydrogen-bond donors (Lipinski definition) is 2. The maximum Gasteiger partial charge on any atom is 0.282 e. The van der Waals surface area contributed by atoms with E-state index in [2.05, 4.69) is 26.2 Å². The zero-order chi connectivity index (χ0) is 18.1. The van der Waals surface area contributed by atoms with Crippen molar-refractivity contribution in [2.75, 3.05) is 0 Å². The van der Waals surface area contributed by atoms with Gasteiger partial charge in [0.1, 0.15) is 5.69 Å². The number of sulfonamides is 1. The quantitative estimate of drug-likeness (QED) is 0.755. The fraction of sp³-hybridized carbons (Fsp3) is 0.312. The molecule has 1 aromatic carbocycles. The third kappa shape index (κ3) is 4.25. The van der Waals surface area contributed by atoms with Crippen LogP contribution in [0.1, 0.15) is 36.8 Å². The highest BCUT2D eigenvalue weighted by Gasteiger charge is 2.19. The van der Waals surface area contributed by atoms with E-state index in [-0.39, 0.29) is 10.3 Å². The van der Waals surface area contributed by atoms with Gasteiger partial charge in [0, 0.05) is 17.7 Å². The second-order valence-electron chi connectivity index (χ2n) is 6.49. The van der Waals surface area contributed by atoms with Gasteiger partial charge in [-0.3, -0.25) is 10.2 Å². The summed E-state index contributed by atoms with van der Waals surface area (Å²) in [6, 6.07) is 8.18. The molecule has 0 atom stereocenters. The zero-order valence-corrected chi connectivity index (χ0v) is 16.3. The first-order chi connectivity index (χ1) is 11.0. The second kappa shape index (κ2) is 6.70. The van der Waals surface area contributed by atoms with Gasteiger partial charge in [0.15, 0.2) is 0 Å². The molecule has 0 aliphatic carbocycles. The summed E-state index contributed by atoms with van der Waals surface area (Å²) < 4.78 is 26.9. The van der Waals surface area contributed by atoms with Crippen LogP contribution in [-0.2, 0) is 22.5 Å². The molecule has 0 spiro atoms. The average Bonchev–Trinajstić information content (AvgIpc) is 2.83. The number of amides is 1. The van der Waals surface area contributed by atoms with Gasteiger partial charge in [-0.25, -0.2) is 8.42 Å². The van der Waals surface area contributed by atoms with Crippen LogP contribution >= 0.6 is 15.9 Å². The Kier molecular flexibility index (Phi) is 5.22. The van der Waals surface area contributed by atoms with Gasteiger partial charge in [-0.05, 0) is 45.1 Å². The van der Waals surface area contributed by atoms with Crippen LogP contribution in [0, 0.1) is 0 Å². The molecule has 2 aromatic rings. The lowest BCUT2D eigenvalue weighted by Crippen LogP contribution is -2.42. The van der Waals surface area contributed by atoms with Gasteiger partial charge in [-0.1, -0.05) is 32.9 Å². The lowest BCUT2D eigenvalue weighted by molar-refractivity contribution is 0.0937. The maximum absolute atomic E-state index is 12.3. The number of rotatable bonds is 4. The number of nitrogens with zero attached hydrogens (tertiary/aromatic N) is 1. The van der Waals surface area contributed by atoms with E-state index in [1.54, 1.807) is 36.0 Å². The first-order valence-electron chi connectivity index (χ1n) is 7.25. The van der Waals surface area contributed by atoms with Crippen LogP contribution in [0.2, 0.25) is 0 Å². The van der Waals surface area contributed by atoms with E-state index in [4.69, 9.17) is 0 Å². The minimum atomic E-state index is -3.83. The highest BCUT2D eigenvalue weighted by molar-refractivity contribution is 9.10. The lowest BCUT2D eigenvalue weighted by Gasteiger charge is -2.19. The molecule has 0 bridgehead atoms. The van der Waals surface area contributed by atoms with E-state index in [0.29, 0.717) is 5.69 Å². The van der Waals surface area contributed by atoms with Crippen molar-refractivity contribution >= 4 is 31.9 Å². The summed E-state index contributed by atoms with van der Waals surface area (Å²) in [6.45, 7) is 6.15. The Bertz CT molecular complexity index is 850. The molecular formula is C16H20BrN3O3S. The molecule has 8 heteroatoms. The summed E-state index contributed by atoms with van der Waals surface area (Å²) in [4.78, 5) is 14.3. The molecule has 1 amide bonds. The molecule has 130 valence electrons. The number of hydrogen-bond acceptors (Lipinski definition) is 3. The van der Waals surface area contributed by atoms with Crippen molar-refractivity contribution in [2.45, 2.75) is 31.1 Å². The van der Waals surface area contributed by atoms with E-state index in [0.717, 1.165) is 10.0 Å². The van der Waals surface area contributed by atoms with Crippen LogP contribution < -0.4 is 10.3 Å². The van der Waals surface area contributed by atoms with Gasteiger partial charge in [-0.15, -0.1) is 4.83 Å². The van der Waals surface area contributed by atoms with Crippen molar-refractivity contribution in [3.8, 4) is 0 Å². The Morgan fingerprint density at radius 3 is 2.21 bits per heavy atom. The maximum atomic E-state index is 12.3. The largest absolute Gasteiger partial charge is 0.345 e. The van der Waals surface area contributed by atoms with Crippen molar-refractivity contribution in [1.29, 1.82) is 0 Å². The van der Waals surface area contributed by atoms with Crippen LogP contribution in [0.3, 0.4) is 0 Å². The summed E-state index contributed by atoms with van der Waals surface area (Å²) in [7, 11) is -2.14. The predicted octanol–water partition coefficient (Wildman–Crippen LogP) is 2.71. The third-order valence-electron chi connectivity index (χ3n) is 3.53. The Labute approximate surface area is 150 Å². The van der Waals surface area contributed by atoms with Crippen molar-refractivity contribution in [3.63, 3.8) is 0 Å². The van der Waals surface area contributed by atoms with Gasteiger partial charge in [0.25, 0.3) is 15.9 Å². The molecule has 0 fully saturated rings. The topological polar surface area (TPSA) is 80.2 Å². The van der Waals surface area contributed by atoms with E-state index in [1.807, 2.05) is 20.8 Å². The van der Waals surface area contributed by atoms with E-state index >= 15 is 0 Å². The van der Waals surface area contributed by atoms with Crippen molar-refractivity contribution in [1.82, 2.24) is 14.8 Å². The minimum absolute atomic E-state index is 0.0656. The first-order valence-corrected chi connectivity index (χ1v) is 9.53. The van der Waals surface area contributed by atoms with Gasteiger partial charge < -0.3 is 4.57 Å². The zero-order valence-electron chi connectivity index (χ0n) is 13.9. The molecule has 1 aromatic heterocycles. The number of hydrazine groups is 1. The number of halogens is 1. The van der Waals surface area contributed by atoms with Crippen LogP contribution in [0.15, 0.2) is 45.9 Å². The molecular weight excluding hydrogens is 394 g/mol. The number of carbonyl (C=O) groups is 1. The summed E-state index contributed by atoms with van der Waals surface area (Å²) in [5.74, 6) is -0.543. The normalized spacial score (nSPS) is 12.2. The molecule has 0 aliphatic rings. The average molecular weight is 414 g/mol. The van der Waals surface area contributed by atoms with Crippen molar-refractivity contribution in [2.24, 2.45) is 7.05 Å². The fourth-order valence-electron chi connectivity index (χ4n) is 2.12. The van der Waals surface area contributed by atoms with E-state index in [9.17, 15) is 13.2 Å². The van der Waals surface area contributed by atoms with Crippen LogP contribution in [0.5, 0.6) is 0 Å². The third-order valence-corrected chi connectivity index (χ3v) is 5.23. The van der Waals surface area contributed by atoms with E-state index < -0.39 is 15.9 Å². The number of aromatic nitrogens is 1. The second-order valence-corrected chi connectivity index (χ2v) is 9.09. The highest BCUT2D eigenvalue weighted by Crippen LogP contribution is 2.23. The summed E-state index contributed by atoms with van der Waals surface area (Å²) >= 11 is 3.26. The van der Waals surface area contributed by atoms with Crippen LogP contribution in [-0.4, -0.2) is 18.9 Å². The van der Waals surface area contributed by atoms with Gasteiger partial charge >= 0.3 is 0 Å². The molecule has 0 saturated heterocycles. The summed E-state index contributed by atoms with van der Waals surface area (Å²) in [5.41, 5.74) is 3.51. The van der Waals surface area contributed by atoms with Crippen molar-refractivity contribution in [3.05, 3.63) is 52.3 Å². The molecule has 1 heterocycles. The highest BCUT2D eigenvalue weighted by atomic mass is 79.9. The number of nitrogens with one attached hydrogen (secondary N) is 2. The molecule has 0 saturated carbocycles. The number of carbonyl (C=O) groups excluding carboxylic acids is 1. The SMILES string of the molecule is Cn1cc(Br)cc1C(=O)NNS(=O)(=O)c1ccc(C(C)(C)C)cc1. The fourth-order valence-corrected chi connectivity index (χ4v) is 3.48. The molecule has 0 radical (unpaired) electrons. The molecule has 0 aliphatic heterocycles.